The Morgan fingerprint density at radius 2 is 1.13 bits per heavy atom. The molecule has 0 fully saturated rings. The number of nitrogens with one attached hydrogen (secondary N) is 2. The molecular weight excluding hydrogens is 192 g/mol. The summed E-state index contributed by atoms with van der Waals surface area (Å²) < 4.78 is 0. The van der Waals surface area contributed by atoms with Gasteiger partial charge in [-0.05, 0) is 47.2 Å². The van der Waals surface area contributed by atoms with Crippen LogP contribution in [0.1, 0.15) is 34.1 Å². The van der Waals surface area contributed by atoms with E-state index in [4.69, 9.17) is 10.2 Å². The fourth-order valence-electron chi connectivity index (χ4n) is 1.05. The summed E-state index contributed by atoms with van der Waals surface area (Å²) in [6, 6.07) is 0. The average molecular weight is 218 g/mol. The van der Waals surface area contributed by atoms with Gasteiger partial charge >= 0.3 is 0 Å². The summed E-state index contributed by atoms with van der Waals surface area (Å²) in [5.41, 5.74) is -0.404. The molecule has 0 aliphatic carbocycles. The minimum Gasteiger partial charge on any atom is -0.394 e. The van der Waals surface area contributed by atoms with E-state index >= 15 is 0 Å². The van der Waals surface area contributed by atoms with E-state index < -0.39 is 0 Å². The minimum atomic E-state index is -0.202. The van der Waals surface area contributed by atoms with Crippen LogP contribution in [-0.2, 0) is 0 Å². The van der Waals surface area contributed by atoms with E-state index in [0.29, 0.717) is 0 Å². The molecule has 0 saturated carbocycles. The van der Waals surface area contributed by atoms with Gasteiger partial charge < -0.3 is 20.8 Å². The second kappa shape index (κ2) is 6.43. The van der Waals surface area contributed by atoms with Crippen molar-refractivity contribution in [2.24, 2.45) is 0 Å². The van der Waals surface area contributed by atoms with Crippen molar-refractivity contribution in [2.45, 2.75) is 45.2 Å². The van der Waals surface area contributed by atoms with Crippen LogP contribution in [-0.4, -0.2) is 47.6 Å². The third-order valence-corrected chi connectivity index (χ3v) is 2.35. The molecule has 0 aromatic heterocycles. The molecule has 0 rings (SSSR count). The van der Waals surface area contributed by atoms with Crippen LogP contribution in [0.5, 0.6) is 0 Å². The van der Waals surface area contributed by atoms with Crippen LogP contribution < -0.4 is 10.6 Å². The Morgan fingerprint density at radius 3 is 1.40 bits per heavy atom. The molecule has 0 aromatic rings. The van der Waals surface area contributed by atoms with Gasteiger partial charge in [0.2, 0.25) is 0 Å². The third-order valence-electron chi connectivity index (χ3n) is 2.35. The minimum absolute atomic E-state index is 0.141. The zero-order valence-electron chi connectivity index (χ0n) is 10.4. The van der Waals surface area contributed by atoms with Gasteiger partial charge in [-0.1, -0.05) is 0 Å². The summed E-state index contributed by atoms with van der Waals surface area (Å²) in [6.45, 7) is 9.89. The van der Waals surface area contributed by atoms with Crippen molar-refractivity contribution in [3.8, 4) is 0 Å². The van der Waals surface area contributed by atoms with Crippen molar-refractivity contribution in [3.63, 3.8) is 0 Å². The van der Waals surface area contributed by atoms with Gasteiger partial charge in [0.05, 0.1) is 13.2 Å². The van der Waals surface area contributed by atoms with Crippen molar-refractivity contribution in [1.29, 1.82) is 0 Å². The highest BCUT2D eigenvalue weighted by Crippen LogP contribution is 2.01. The van der Waals surface area contributed by atoms with Gasteiger partial charge in [0.15, 0.2) is 0 Å². The monoisotopic (exact) mass is 218 g/mol. The molecule has 0 radical (unpaired) electrons. The largest absolute Gasteiger partial charge is 0.394 e. The van der Waals surface area contributed by atoms with Crippen LogP contribution in [0.2, 0.25) is 0 Å². The normalized spacial score (nSPS) is 13.2. The zero-order valence-corrected chi connectivity index (χ0v) is 10.4. The highest BCUT2D eigenvalue weighted by Gasteiger charge is 2.16. The van der Waals surface area contributed by atoms with Crippen LogP contribution in [0.3, 0.4) is 0 Å². The van der Waals surface area contributed by atoms with E-state index in [1.165, 1.54) is 0 Å². The predicted octanol–water partition coefficient (Wildman–Crippen LogP) is 0.0975. The quantitative estimate of drug-likeness (QED) is 0.436. The summed E-state index contributed by atoms with van der Waals surface area (Å²) >= 11 is 0. The van der Waals surface area contributed by atoms with Crippen LogP contribution >= 0.6 is 0 Å². The maximum Gasteiger partial charge on any atom is 0.0607 e. The zero-order chi connectivity index (χ0) is 11.9. The fraction of sp³-hybridized carbons (Fsp3) is 1.00. The van der Waals surface area contributed by atoms with Gasteiger partial charge in [-0.25, -0.2) is 0 Å². The fourth-order valence-corrected chi connectivity index (χ4v) is 1.05. The van der Waals surface area contributed by atoms with Gasteiger partial charge in [-0.15, -0.1) is 0 Å². The molecule has 92 valence electrons. The first-order chi connectivity index (χ1) is 6.83. The molecule has 0 heterocycles. The summed E-state index contributed by atoms with van der Waals surface area (Å²) in [5, 5.41) is 24.5. The maximum absolute atomic E-state index is 9.01. The van der Waals surface area contributed by atoms with Gasteiger partial charge in [-0.3, -0.25) is 0 Å². The van der Waals surface area contributed by atoms with Crippen molar-refractivity contribution in [1.82, 2.24) is 10.6 Å². The van der Waals surface area contributed by atoms with Crippen LogP contribution in [0.4, 0.5) is 0 Å². The molecule has 0 aliphatic heterocycles. The summed E-state index contributed by atoms with van der Waals surface area (Å²) in [6.07, 6.45) is 0.979. The molecule has 4 nitrogen and oxygen atoms in total. The SMILES string of the molecule is CC(C)(CO)NCCCNC(C)(C)CO. The molecule has 0 spiro atoms. The van der Waals surface area contributed by atoms with Gasteiger partial charge in [0.1, 0.15) is 0 Å². The average Bonchev–Trinajstić information content (AvgIpc) is 2.17. The van der Waals surface area contributed by atoms with E-state index in [0.717, 1.165) is 19.5 Å². The first kappa shape index (κ1) is 14.8. The Balaban J connectivity index is 3.48. The van der Waals surface area contributed by atoms with Gasteiger partial charge in [-0.2, -0.15) is 0 Å². The van der Waals surface area contributed by atoms with Crippen LogP contribution in [0.15, 0.2) is 0 Å². The van der Waals surface area contributed by atoms with Crippen molar-refractivity contribution in [3.05, 3.63) is 0 Å². The van der Waals surface area contributed by atoms with E-state index in [-0.39, 0.29) is 24.3 Å². The molecule has 0 atom stereocenters. The van der Waals surface area contributed by atoms with Crippen LogP contribution in [0.25, 0.3) is 0 Å². The first-order valence-electron chi connectivity index (χ1n) is 5.55. The highest BCUT2D eigenvalue weighted by molar-refractivity contribution is 4.78. The van der Waals surface area contributed by atoms with Gasteiger partial charge in [0.25, 0.3) is 0 Å². The number of rotatable bonds is 8. The lowest BCUT2D eigenvalue weighted by molar-refractivity contribution is 0.181. The molecule has 4 heteroatoms. The van der Waals surface area contributed by atoms with E-state index in [1.54, 1.807) is 0 Å². The lowest BCUT2D eigenvalue weighted by atomic mass is 10.1. The van der Waals surface area contributed by atoms with E-state index in [2.05, 4.69) is 10.6 Å². The molecule has 0 amide bonds. The number of aliphatic hydroxyl groups is 2. The Hall–Kier alpha value is -0.160. The molecule has 0 bridgehead atoms. The van der Waals surface area contributed by atoms with Gasteiger partial charge in [0, 0.05) is 11.1 Å². The van der Waals surface area contributed by atoms with E-state index in [1.807, 2.05) is 27.7 Å². The van der Waals surface area contributed by atoms with Crippen molar-refractivity contribution in [2.75, 3.05) is 26.3 Å². The third kappa shape index (κ3) is 7.73. The maximum atomic E-state index is 9.01. The topological polar surface area (TPSA) is 64.5 Å². The Kier molecular flexibility index (Phi) is 6.36. The first-order valence-corrected chi connectivity index (χ1v) is 5.55. The second-order valence-electron chi connectivity index (χ2n) is 5.29. The molecular formula is C11H26N2O2. The molecule has 0 aromatic carbocycles. The molecule has 0 unspecified atom stereocenters. The number of hydrogen-bond donors (Lipinski definition) is 4. The lowest BCUT2D eigenvalue weighted by Gasteiger charge is -2.26. The molecule has 0 saturated heterocycles. The predicted molar refractivity (Wildman–Crippen MR) is 63.0 cm³/mol. The smallest absolute Gasteiger partial charge is 0.0607 e. The Labute approximate surface area is 93.1 Å². The Bertz CT molecular complexity index is 152. The lowest BCUT2D eigenvalue weighted by Crippen LogP contribution is -2.46. The molecule has 15 heavy (non-hydrogen) atoms. The summed E-state index contributed by atoms with van der Waals surface area (Å²) in [7, 11) is 0. The summed E-state index contributed by atoms with van der Waals surface area (Å²) in [4.78, 5) is 0. The number of hydrogen-bond acceptors (Lipinski definition) is 4. The Morgan fingerprint density at radius 1 is 0.800 bits per heavy atom. The van der Waals surface area contributed by atoms with Crippen molar-refractivity contribution < 1.29 is 10.2 Å². The van der Waals surface area contributed by atoms with Crippen LogP contribution in [0, 0.1) is 0 Å². The standard InChI is InChI=1S/C11H26N2O2/c1-10(2,8-14)12-6-5-7-13-11(3,4)9-15/h12-15H,5-9H2,1-4H3. The highest BCUT2D eigenvalue weighted by atomic mass is 16.3. The molecule has 4 N–H and O–H groups in total. The second-order valence-corrected chi connectivity index (χ2v) is 5.29. The molecule has 0 aliphatic rings. The number of aliphatic hydroxyl groups excluding tert-OH is 2. The van der Waals surface area contributed by atoms with E-state index in [9.17, 15) is 0 Å². The van der Waals surface area contributed by atoms with Crippen molar-refractivity contribution >= 4 is 0 Å². The summed E-state index contributed by atoms with van der Waals surface area (Å²) in [5.74, 6) is 0.